The molecule has 0 radical (unpaired) electrons. The highest BCUT2D eigenvalue weighted by Gasteiger charge is 2.19. The maximum absolute atomic E-state index is 13.7. The monoisotopic (exact) mass is 287 g/mol. The van der Waals surface area contributed by atoms with E-state index in [1.165, 1.54) is 6.07 Å². The van der Waals surface area contributed by atoms with Crippen LogP contribution >= 0.6 is 15.9 Å². The number of halogens is 2. The fourth-order valence-corrected chi connectivity index (χ4v) is 1.73. The highest BCUT2D eigenvalue weighted by atomic mass is 79.9. The molecule has 84 valence electrons. The molecule has 0 atom stereocenters. The van der Waals surface area contributed by atoms with E-state index in [2.05, 4.69) is 26.1 Å². The van der Waals surface area contributed by atoms with Crippen LogP contribution in [0.5, 0.6) is 11.5 Å². The van der Waals surface area contributed by atoms with Crippen molar-refractivity contribution in [1.82, 2.24) is 10.2 Å². The highest BCUT2D eigenvalue weighted by molar-refractivity contribution is 9.10. The Kier molecular flexibility index (Phi) is 2.47. The van der Waals surface area contributed by atoms with Crippen molar-refractivity contribution in [1.29, 1.82) is 0 Å². The number of phenolic OH excluding ortho intramolecular Hbond substituents is 2. The van der Waals surface area contributed by atoms with E-state index in [1.807, 2.05) is 0 Å². The molecule has 0 saturated carbocycles. The first-order chi connectivity index (χ1) is 7.50. The Hall–Kier alpha value is -1.76. The van der Waals surface area contributed by atoms with Crippen LogP contribution in [0.1, 0.15) is 0 Å². The zero-order valence-electron chi connectivity index (χ0n) is 7.83. The molecule has 0 unspecified atom stereocenters. The van der Waals surface area contributed by atoms with Crippen molar-refractivity contribution < 1.29 is 14.6 Å². The van der Waals surface area contributed by atoms with Gasteiger partial charge in [0.25, 0.3) is 0 Å². The van der Waals surface area contributed by atoms with Crippen molar-refractivity contribution >= 4 is 21.7 Å². The summed E-state index contributed by atoms with van der Waals surface area (Å²) in [5.41, 5.74) is 5.37. The van der Waals surface area contributed by atoms with Gasteiger partial charge in [0.15, 0.2) is 17.3 Å². The molecule has 1 aromatic carbocycles. The Labute approximate surface area is 97.8 Å². The number of hydrogen-bond acceptors (Lipinski definition) is 4. The Balaban J connectivity index is 2.73. The number of rotatable bonds is 1. The second-order valence-electron chi connectivity index (χ2n) is 3.12. The van der Waals surface area contributed by atoms with Gasteiger partial charge in [-0.2, -0.15) is 5.10 Å². The molecule has 0 saturated heterocycles. The van der Waals surface area contributed by atoms with Gasteiger partial charge in [0, 0.05) is 12.1 Å². The molecule has 0 amide bonds. The minimum absolute atomic E-state index is 0.0333. The molecule has 0 spiro atoms. The third kappa shape index (κ3) is 1.58. The molecule has 0 aliphatic carbocycles. The number of nitrogens with zero attached hydrogens (tertiary/aromatic N) is 1. The number of H-pyrrole nitrogens is 1. The van der Waals surface area contributed by atoms with Crippen LogP contribution in [0.2, 0.25) is 0 Å². The molecule has 0 aliphatic heterocycles. The van der Waals surface area contributed by atoms with Crippen molar-refractivity contribution in [2.75, 3.05) is 5.73 Å². The van der Waals surface area contributed by atoms with Gasteiger partial charge in [0.1, 0.15) is 5.82 Å². The van der Waals surface area contributed by atoms with E-state index in [4.69, 9.17) is 5.73 Å². The lowest BCUT2D eigenvalue weighted by atomic mass is 10.1. The van der Waals surface area contributed by atoms with E-state index in [1.54, 1.807) is 0 Å². The number of benzene rings is 1. The van der Waals surface area contributed by atoms with Gasteiger partial charge in [-0.15, -0.1) is 0 Å². The molecular weight excluding hydrogens is 281 g/mol. The van der Waals surface area contributed by atoms with Gasteiger partial charge in [-0.3, -0.25) is 5.10 Å². The summed E-state index contributed by atoms with van der Waals surface area (Å²) in [6, 6.07) is 2.41. The largest absolute Gasteiger partial charge is 0.504 e. The van der Waals surface area contributed by atoms with Gasteiger partial charge < -0.3 is 15.9 Å². The summed E-state index contributed by atoms with van der Waals surface area (Å²) in [6.45, 7) is 0. The Bertz CT molecular complexity index is 530. The highest BCUT2D eigenvalue weighted by Crippen LogP contribution is 2.41. The predicted octanol–water partition coefficient (Wildman–Crippen LogP) is 1.97. The quantitative estimate of drug-likeness (QED) is 0.603. The van der Waals surface area contributed by atoms with Crippen LogP contribution in [0.25, 0.3) is 11.3 Å². The van der Waals surface area contributed by atoms with Crippen LogP contribution in [0, 0.1) is 5.82 Å². The van der Waals surface area contributed by atoms with Gasteiger partial charge in [-0.1, -0.05) is 0 Å². The van der Waals surface area contributed by atoms with E-state index in [0.29, 0.717) is 0 Å². The number of aromatic nitrogens is 2. The minimum Gasteiger partial charge on any atom is -0.504 e. The third-order valence-corrected chi connectivity index (χ3v) is 2.62. The number of hydrogen-bond donors (Lipinski definition) is 4. The fraction of sp³-hybridized carbons (Fsp3) is 0. The fourth-order valence-electron chi connectivity index (χ4n) is 1.31. The molecule has 0 aliphatic rings. The summed E-state index contributed by atoms with van der Waals surface area (Å²) in [5.74, 6) is -1.55. The molecule has 1 aromatic heterocycles. The Morgan fingerprint density at radius 2 is 2.06 bits per heavy atom. The molecule has 16 heavy (non-hydrogen) atoms. The number of nitrogen functional groups attached to an aromatic ring is 1. The summed E-state index contributed by atoms with van der Waals surface area (Å²) in [6.07, 6.45) is 0. The average Bonchev–Trinajstić information content (AvgIpc) is 2.62. The van der Waals surface area contributed by atoms with Crippen LogP contribution in [0.4, 0.5) is 10.2 Å². The smallest absolute Gasteiger partial charge is 0.170 e. The van der Waals surface area contributed by atoms with Crippen LogP contribution in [0.15, 0.2) is 16.6 Å². The molecule has 7 heteroatoms. The molecule has 2 aromatic rings. The summed E-state index contributed by atoms with van der Waals surface area (Å²) < 4.78 is 13.8. The first-order valence-corrected chi connectivity index (χ1v) is 5.01. The van der Waals surface area contributed by atoms with Crippen molar-refractivity contribution in [2.45, 2.75) is 0 Å². The number of nitrogens with two attached hydrogens (primary N) is 1. The summed E-state index contributed by atoms with van der Waals surface area (Å²) >= 11 is 2.92. The van der Waals surface area contributed by atoms with Gasteiger partial charge in [-0.25, -0.2) is 4.39 Å². The molecular formula is C9H7BrFN3O2. The number of anilines is 1. The van der Waals surface area contributed by atoms with E-state index >= 15 is 0 Å². The van der Waals surface area contributed by atoms with Crippen LogP contribution < -0.4 is 5.73 Å². The molecule has 0 bridgehead atoms. The summed E-state index contributed by atoms with van der Waals surface area (Å²) in [7, 11) is 0. The molecule has 1 heterocycles. The maximum Gasteiger partial charge on any atom is 0.170 e. The van der Waals surface area contributed by atoms with Crippen LogP contribution in [-0.4, -0.2) is 20.4 Å². The zero-order valence-corrected chi connectivity index (χ0v) is 9.42. The summed E-state index contributed by atoms with van der Waals surface area (Å²) in [4.78, 5) is 0. The topological polar surface area (TPSA) is 95.2 Å². The number of nitrogens with one attached hydrogen (secondary N) is 1. The van der Waals surface area contributed by atoms with Crippen LogP contribution in [-0.2, 0) is 0 Å². The Morgan fingerprint density at radius 3 is 2.62 bits per heavy atom. The lowest BCUT2D eigenvalue weighted by molar-refractivity contribution is 0.401. The number of aromatic amines is 1. The average molecular weight is 288 g/mol. The SMILES string of the molecule is Nc1cc(-c2c(O)c(O)cc(Br)c2F)[nH]n1. The van der Waals surface area contributed by atoms with E-state index < -0.39 is 17.3 Å². The lowest BCUT2D eigenvalue weighted by Gasteiger charge is -2.07. The zero-order chi connectivity index (χ0) is 11.9. The Morgan fingerprint density at radius 1 is 1.38 bits per heavy atom. The van der Waals surface area contributed by atoms with E-state index in [-0.39, 0.29) is 21.5 Å². The van der Waals surface area contributed by atoms with E-state index in [9.17, 15) is 14.6 Å². The molecule has 2 rings (SSSR count). The van der Waals surface area contributed by atoms with Crippen molar-refractivity contribution in [3.63, 3.8) is 0 Å². The normalized spacial score (nSPS) is 10.6. The van der Waals surface area contributed by atoms with Crippen molar-refractivity contribution in [3.8, 4) is 22.8 Å². The standard InChI is InChI=1S/C9H7BrFN3O2/c10-3-1-5(15)9(16)7(8(3)11)4-2-6(12)14-13-4/h1-2,15-16H,(H3,12,13,14). The van der Waals surface area contributed by atoms with Gasteiger partial charge in [0.05, 0.1) is 15.7 Å². The maximum atomic E-state index is 13.7. The molecule has 5 nitrogen and oxygen atoms in total. The minimum atomic E-state index is -0.709. The molecule has 0 fully saturated rings. The van der Waals surface area contributed by atoms with Crippen LogP contribution in [0.3, 0.4) is 0 Å². The second kappa shape index (κ2) is 3.67. The van der Waals surface area contributed by atoms with Gasteiger partial charge in [-0.05, 0) is 15.9 Å². The molecule has 5 N–H and O–H groups in total. The predicted molar refractivity (Wildman–Crippen MR) is 59.4 cm³/mol. The lowest BCUT2D eigenvalue weighted by Crippen LogP contribution is -1.88. The first kappa shape index (κ1) is 10.7. The van der Waals surface area contributed by atoms with Crippen molar-refractivity contribution in [2.24, 2.45) is 0 Å². The van der Waals surface area contributed by atoms with E-state index in [0.717, 1.165) is 6.07 Å². The first-order valence-electron chi connectivity index (χ1n) is 4.22. The van der Waals surface area contributed by atoms with Gasteiger partial charge >= 0.3 is 0 Å². The third-order valence-electron chi connectivity index (χ3n) is 2.04. The second-order valence-corrected chi connectivity index (χ2v) is 3.98. The number of phenols is 2. The van der Waals surface area contributed by atoms with Crippen molar-refractivity contribution in [3.05, 3.63) is 22.4 Å². The van der Waals surface area contributed by atoms with Gasteiger partial charge in [0.2, 0.25) is 0 Å². The number of aromatic hydroxyl groups is 2. The summed E-state index contributed by atoms with van der Waals surface area (Å²) in [5, 5.41) is 25.0.